The van der Waals surface area contributed by atoms with Crippen LogP contribution in [0.3, 0.4) is 0 Å². The van der Waals surface area contributed by atoms with Gasteiger partial charge in [0.1, 0.15) is 11.2 Å². The highest BCUT2D eigenvalue weighted by Gasteiger charge is 2.24. The SMILES string of the molecule is CCc1ccc2oc(-c3cc(NC(=S)NC(=O)c4ccc(N5CCOCC5)c([N+](=O)[O-])c4)ccc3Cl)nc2c1. The van der Waals surface area contributed by atoms with Crippen LogP contribution in [0.15, 0.2) is 59.0 Å². The van der Waals surface area contributed by atoms with Crippen molar-refractivity contribution in [2.24, 2.45) is 0 Å². The minimum atomic E-state index is -0.580. The molecule has 0 unspecified atom stereocenters. The van der Waals surface area contributed by atoms with E-state index in [1.165, 1.54) is 12.1 Å². The number of anilines is 2. The summed E-state index contributed by atoms with van der Waals surface area (Å²) in [7, 11) is 0. The lowest BCUT2D eigenvalue weighted by Gasteiger charge is -2.28. The van der Waals surface area contributed by atoms with Crippen LogP contribution in [0.2, 0.25) is 5.02 Å². The summed E-state index contributed by atoms with van der Waals surface area (Å²) in [5.74, 6) is -0.224. The molecule has 0 atom stereocenters. The van der Waals surface area contributed by atoms with Gasteiger partial charge in [0.15, 0.2) is 10.7 Å². The highest BCUT2D eigenvalue weighted by molar-refractivity contribution is 7.80. The summed E-state index contributed by atoms with van der Waals surface area (Å²) in [6.07, 6.45) is 0.882. The number of aryl methyl sites for hydroxylation is 1. The Kier molecular flexibility index (Phi) is 7.73. The van der Waals surface area contributed by atoms with E-state index in [9.17, 15) is 14.9 Å². The van der Waals surface area contributed by atoms with E-state index < -0.39 is 10.8 Å². The molecule has 12 heteroatoms. The normalized spacial score (nSPS) is 13.3. The smallest absolute Gasteiger partial charge is 0.293 e. The number of morpholine rings is 1. The highest BCUT2D eigenvalue weighted by Crippen LogP contribution is 2.33. The molecule has 2 heterocycles. The number of aromatic nitrogens is 1. The predicted octanol–water partition coefficient (Wildman–Crippen LogP) is 5.58. The van der Waals surface area contributed by atoms with Gasteiger partial charge >= 0.3 is 0 Å². The molecule has 5 rings (SSSR count). The minimum absolute atomic E-state index is 0.0123. The van der Waals surface area contributed by atoms with Gasteiger partial charge in [0.2, 0.25) is 5.89 Å². The van der Waals surface area contributed by atoms with E-state index in [0.29, 0.717) is 59.7 Å². The lowest BCUT2D eigenvalue weighted by atomic mass is 10.1. The monoisotopic (exact) mass is 565 g/mol. The van der Waals surface area contributed by atoms with Crippen LogP contribution >= 0.6 is 23.8 Å². The van der Waals surface area contributed by atoms with Crippen molar-refractivity contribution in [3.8, 4) is 11.5 Å². The first-order chi connectivity index (χ1) is 18.8. The van der Waals surface area contributed by atoms with Gasteiger partial charge in [0.25, 0.3) is 11.6 Å². The molecule has 1 saturated heterocycles. The topological polar surface area (TPSA) is 123 Å². The van der Waals surface area contributed by atoms with E-state index in [1.807, 2.05) is 23.1 Å². The van der Waals surface area contributed by atoms with Crippen LogP contribution in [0.4, 0.5) is 17.1 Å². The number of nitrogens with one attached hydrogen (secondary N) is 2. The zero-order valence-electron chi connectivity index (χ0n) is 20.9. The van der Waals surface area contributed by atoms with Crippen molar-refractivity contribution in [2.75, 3.05) is 36.5 Å². The van der Waals surface area contributed by atoms with E-state index in [-0.39, 0.29) is 16.4 Å². The van der Waals surface area contributed by atoms with E-state index in [2.05, 4.69) is 22.5 Å². The molecular formula is C27H24ClN5O5S. The molecular weight excluding hydrogens is 542 g/mol. The highest BCUT2D eigenvalue weighted by atomic mass is 35.5. The summed E-state index contributed by atoms with van der Waals surface area (Å²) in [4.78, 5) is 30.5. The number of thiocarbonyl (C=S) groups is 1. The lowest BCUT2D eigenvalue weighted by Crippen LogP contribution is -2.37. The van der Waals surface area contributed by atoms with Crippen molar-refractivity contribution < 1.29 is 18.9 Å². The van der Waals surface area contributed by atoms with Gasteiger partial charge in [-0.3, -0.25) is 20.2 Å². The molecule has 1 aliphatic heterocycles. The molecule has 1 fully saturated rings. The Hall–Kier alpha value is -4.06. The standard InChI is InChI=1S/C27H24ClN5O5S/c1-2-16-3-8-24-21(13-16)30-26(38-24)19-15-18(5-6-20(19)28)29-27(39)31-25(34)17-4-7-22(23(14-17)33(35)36)32-9-11-37-12-10-32/h3-8,13-15H,2,9-12H2,1H3,(H2,29,31,34,39). The lowest BCUT2D eigenvalue weighted by molar-refractivity contribution is -0.384. The number of oxazole rings is 1. The van der Waals surface area contributed by atoms with E-state index >= 15 is 0 Å². The number of ether oxygens (including phenoxy) is 1. The van der Waals surface area contributed by atoms with E-state index in [4.69, 9.17) is 33.0 Å². The number of rotatable bonds is 6. The first kappa shape index (κ1) is 26.5. The summed E-state index contributed by atoms with van der Waals surface area (Å²) in [5, 5.41) is 17.7. The van der Waals surface area contributed by atoms with Crippen molar-refractivity contribution in [2.45, 2.75) is 13.3 Å². The maximum atomic E-state index is 12.9. The van der Waals surface area contributed by atoms with Crippen LogP contribution in [0.1, 0.15) is 22.8 Å². The van der Waals surface area contributed by atoms with Gasteiger partial charge in [0.05, 0.1) is 28.7 Å². The van der Waals surface area contributed by atoms with Crippen molar-refractivity contribution in [3.63, 3.8) is 0 Å². The number of nitro benzene ring substituents is 1. The molecule has 0 aliphatic carbocycles. The molecule has 39 heavy (non-hydrogen) atoms. The summed E-state index contributed by atoms with van der Waals surface area (Å²) >= 11 is 11.8. The Morgan fingerprint density at radius 3 is 2.69 bits per heavy atom. The van der Waals surface area contributed by atoms with Crippen LogP contribution in [-0.2, 0) is 11.2 Å². The third-order valence-electron chi connectivity index (χ3n) is 6.33. The van der Waals surface area contributed by atoms with Crippen LogP contribution in [-0.4, -0.2) is 47.2 Å². The third kappa shape index (κ3) is 5.85. The number of nitrogens with zero attached hydrogens (tertiary/aromatic N) is 3. The number of carbonyl (C=O) groups excluding carboxylic acids is 1. The number of amides is 1. The summed E-state index contributed by atoms with van der Waals surface area (Å²) in [6, 6.07) is 15.3. The van der Waals surface area contributed by atoms with Gasteiger partial charge in [-0.05, 0) is 66.7 Å². The maximum Gasteiger partial charge on any atom is 0.293 e. The van der Waals surface area contributed by atoms with Gasteiger partial charge in [-0.1, -0.05) is 24.6 Å². The summed E-state index contributed by atoms with van der Waals surface area (Å²) < 4.78 is 11.2. The second-order valence-electron chi connectivity index (χ2n) is 8.84. The molecule has 1 amide bonds. The summed E-state index contributed by atoms with van der Waals surface area (Å²) in [5.41, 5.74) is 4.02. The Morgan fingerprint density at radius 2 is 1.95 bits per heavy atom. The molecule has 0 radical (unpaired) electrons. The average Bonchev–Trinajstić information content (AvgIpc) is 3.37. The molecule has 3 aromatic carbocycles. The number of fused-ring (bicyclic) bond motifs is 1. The molecule has 200 valence electrons. The van der Waals surface area contributed by atoms with Gasteiger partial charge < -0.3 is 19.4 Å². The van der Waals surface area contributed by atoms with Crippen LogP contribution < -0.4 is 15.5 Å². The van der Waals surface area contributed by atoms with Crippen LogP contribution in [0.5, 0.6) is 0 Å². The molecule has 1 aliphatic rings. The number of hydrogen-bond donors (Lipinski definition) is 2. The van der Waals surface area contributed by atoms with Crippen molar-refractivity contribution in [1.82, 2.24) is 10.3 Å². The Balaban J connectivity index is 1.31. The fourth-order valence-corrected chi connectivity index (χ4v) is 4.70. The quantitative estimate of drug-likeness (QED) is 0.175. The number of benzene rings is 3. The number of carbonyl (C=O) groups is 1. The minimum Gasteiger partial charge on any atom is -0.436 e. The Morgan fingerprint density at radius 1 is 1.15 bits per heavy atom. The van der Waals surface area contributed by atoms with E-state index in [0.717, 1.165) is 17.5 Å². The second-order valence-corrected chi connectivity index (χ2v) is 9.65. The number of halogens is 1. The van der Waals surface area contributed by atoms with Crippen LogP contribution in [0, 0.1) is 10.1 Å². The number of hydrogen-bond acceptors (Lipinski definition) is 8. The predicted molar refractivity (Wildman–Crippen MR) is 154 cm³/mol. The molecule has 0 bridgehead atoms. The van der Waals surface area contributed by atoms with Gasteiger partial charge in [0, 0.05) is 30.4 Å². The van der Waals surface area contributed by atoms with Crippen LogP contribution in [0.25, 0.3) is 22.6 Å². The molecule has 1 aromatic heterocycles. The van der Waals surface area contributed by atoms with Crippen molar-refractivity contribution >= 4 is 63.0 Å². The first-order valence-corrected chi connectivity index (χ1v) is 13.0. The Bertz CT molecular complexity index is 1580. The first-order valence-electron chi connectivity index (χ1n) is 12.2. The molecule has 10 nitrogen and oxygen atoms in total. The average molecular weight is 566 g/mol. The molecule has 2 N–H and O–H groups in total. The fraction of sp³-hybridized carbons (Fsp3) is 0.222. The maximum absolute atomic E-state index is 12.9. The van der Waals surface area contributed by atoms with Gasteiger partial charge in [-0.2, -0.15) is 0 Å². The van der Waals surface area contributed by atoms with Gasteiger partial charge in [-0.25, -0.2) is 4.98 Å². The zero-order chi connectivity index (χ0) is 27.5. The number of nitro groups is 1. The van der Waals surface area contributed by atoms with Gasteiger partial charge in [-0.15, -0.1) is 0 Å². The van der Waals surface area contributed by atoms with E-state index in [1.54, 1.807) is 24.3 Å². The van der Waals surface area contributed by atoms with Crippen molar-refractivity contribution in [3.05, 3.63) is 80.9 Å². The molecule has 0 spiro atoms. The Labute approximate surface area is 234 Å². The second kappa shape index (κ2) is 11.4. The molecule has 0 saturated carbocycles. The summed E-state index contributed by atoms with van der Waals surface area (Å²) in [6.45, 7) is 4.10. The fourth-order valence-electron chi connectivity index (χ4n) is 4.30. The third-order valence-corrected chi connectivity index (χ3v) is 6.86. The molecule has 4 aromatic rings. The van der Waals surface area contributed by atoms with Crippen molar-refractivity contribution in [1.29, 1.82) is 0 Å². The zero-order valence-corrected chi connectivity index (χ0v) is 22.5. The largest absolute Gasteiger partial charge is 0.436 e.